The minimum absolute atomic E-state index is 0.500. The summed E-state index contributed by atoms with van der Waals surface area (Å²) in [5.74, 6) is 3.48. The SMILES string of the molecule is C1=CCOc2ccc(cc2)OCCCCCCCCCCCC[n+]2ccc(cc2)-c2cc[n+](cc2)CCCCCCCCCCCCOc2ccc(cc2)OC1. The molecular formula is C50H70N2O4+2. The Bertz CT molecular complexity index is 1470. The normalized spacial score (nSPS) is 17.7. The van der Waals surface area contributed by atoms with E-state index in [1.54, 1.807) is 0 Å². The second kappa shape index (κ2) is 27.3. The predicted molar refractivity (Wildman–Crippen MR) is 229 cm³/mol. The molecule has 0 saturated carbocycles. The lowest BCUT2D eigenvalue weighted by molar-refractivity contribution is -0.697. The van der Waals surface area contributed by atoms with Crippen LogP contribution in [-0.2, 0) is 13.1 Å². The number of benzene rings is 2. The zero-order valence-corrected chi connectivity index (χ0v) is 34.3. The van der Waals surface area contributed by atoms with Crippen molar-refractivity contribution in [2.75, 3.05) is 26.4 Å². The predicted octanol–water partition coefficient (Wildman–Crippen LogP) is 12.2. The van der Waals surface area contributed by atoms with Crippen molar-refractivity contribution < 1.29 is 28.1 Å². The number of pyridine rings is 2. The second-order valence-corrected chi connectivity index (χ2v) is 15.5. The number of rotatable bonds is 0. The minimum atomic E-state index is 0.500. The van der Waals surface area contributed by atoms with E-state index in [2.05, 4.69) is 58.2 Å². The van der Waals surface area contributed by atoms with Crippen LogP contribution in [0.1, 0.15) is 128 Å². The van der Waals surface area contributed by atoms with Crippen LogP contribution in [-0.4, -0.2) is 26.4 Å². The Labute approximate surface area is 338 Å². The summed E-state index contributed by atoms with van der Waals surface area (Å²) in [5, 5.41) is 0. The van der Waals surface area contributed by atoms with Crippen LogP contribution >= 0.6 is 0 Å². The average molecular weight is 763 g/mol. The van der Waals surface area contributed by atoms with Crippen LogP contribution in [0.25, 0.3) is 11.1 Å². The van der Waals surface area contributed by atoms with Gasteiger partial charge in [-0.2, -0.15) is 0 Å². The number of hydrogen-bond donors (Lipinski definition) is 0. The molecule has 0 aliphatic carbocycles. The van der Waals surface area contributed by atoms with Gasteiger partial charge in [-0.3, -0.25) is 0 Å². The van der Waals surface area contributed by atoms with Crippen molar-refractivity contribution in [1.29, 1.82) is 0 Å². The molecule has 6 nitrogen and oxygen atoms in total. The van der Waals surface area contributed by atoms with E-state index in [-0.39, 0.29) is 0 Å². The summed E-state index contributed by atoms with van der Waals surface area (Å²) < 4.78 is 28.3. The maximum absolute atomic E-state index is 5.97. The van der Waals surface area contributed by atoms with E-state index < -0.39 is 0 Å². The number of fused-ring (bicyclic) bond motifs is 4. The molecule has 0 amide bonds. The number of ether oxygens (including phenoxy) is 4. The number of aryl methyl sites for hydroxylation is 2. The van der Waals surface area contributed by atoms with Crippen LogP contribution in [0.15, 0.2) is 110 Å². The smallest absolute Gasteiger partial charge is 0.169 e. The highest BCUT2D eigenvalue weighted by atomic mass is 16.5. The van der Waals surface area contributed by atoms with Gasteiger partial charge in [-0.1, -0.05) is 89.9 Å². The van der Waals surface area contributed by atoms with E-state index in [9.17, 15) is 0 Å². The summed E-state index contributed by atoms with van der Waals surface area (Å²) in [4.78, 5) is 0. The fraction of sp³-hybridized carbons (Fsp3) is 0.520. The summed E-state index contributed by atoms with van der Waals surface area (Å²) in [6.45, 7) is 4.75. The van der Waals surface area contributed by atoms with Crippen molar-refractivity contribution >= 4 is 0 Å². The van der Waals surface area contributed by atoms with Crippen molar-refractivity contribution in [3.05, 3.63) is 110 Å². The Kier molecular flexibility index (Phi) is 20.9. The first-order valence-electron chi connectivity index (χ1n) is 22.2. The minimum Gasteiger partial charge on any atom is -0.494 e. The van der Waals surface area contributed by atoms with Gasteiger partial charge in [0.05, 0.1) is 13.2 Å². The second-order valence-electron chi connectivity index (χ2n) is 15.5. The average Bonchev–Trinajstić information content (AvgIpc) is 3.23. The van der Waals surface area contributed by atoms with E-state index in [1.165, 1.54) is 127 Å². The first-order chi connectivity index (χ1) is 27.8. The topological polar surface area (TPSA) is 44.7 Å². The van der Waals surface area contributed by atoms with Gasteiger partial charge in [0.15, 0.2) is 24.8 Å². The van der Waals surface area contributed by atoms with Crippen LogP contribution in [0.2, 0.25) is 0 Å². The summed E-state index contributed by atoms with van der Waals surface area (Å²) in [6.07, 6.45) is 38.9. The molecule has 7 heterocycles. The molecule has 302 valence electrons. The standard InChI is InChI=1S/C50H70N2O4/c1-3-7-11-15-19-41-53-47-23-27-49(28-24-47)55-43-21-22-44-56-50-29-25-48(26-30-50)54-42-20-16-12-8-4-2-6-10-14-18-36-52-39-33-46(34-40-52)45-31-37-51(38-32-45)35-17-13-9-5-1/h21-34,37-40H,1-20,35-36,41-44H2/q+2. The van der Waals surface area contributed by atoms with E-state index in [4.69, 9.17) is 18.9 Å². The van der Waals surface area contributed by atoms with Gasteiger partial charge in [0, 0.05) is 37.1 Å². The maximum Gasteiger partial charge on any atom is 0.169 e. The Morgan fingerprint density at radius 2 is 0.554 bits per heavy atom. The van der Waals surface area contributed by atoms with Crippen LogP contribution in [0.4, 0.5) is 0 Å². The summed E-state index contributed by atoms with van der Waals surface area (Å²) in [7, 11) is 0. The van der Waals surface area contributed by atoms with Crippen molar-refractivity contribution in [1.82, 2.24) is 0 Å². The molecule has 0 unspecified atom stereocenters. The Hall–Kier alpha value is -4.32. The molecular weight excluding hydrogens is 693 g/mol. The zero-order valence-electron chi connectivity index (χ0n) is 34.3. The quantitative estimate of drug-likeness (QED) is 0.132. The van der Waals surface area contributed by atoms with Crippen LogP contribution < -0.4 is 28.1 Å². The number of nitrogens with zero attached hydrogens (tertiary/aromatic N) is 2. The van der Waals surface area contributed by atoms with E-state index in [1.807, 2.05) is 60.7 Å². The van der Waals surface area contributed by atoms with Crippen molar-refractivity contribution in [2.45, 2.75) is 142 Å². The van der Waals surface area contributed by atoms with Gasteiger partial charge in [0.1, 0.15) is 49.3 Å². The first kappa shape index (κ1) is 42.8. The van der Waals surface area contributed by atoms with E-state index >= 15 is 0 Å². The molecule has 2 aromatic heterocycles. The zero-order chi connectivity index (χ0) is 38.6. The molecule has 56 heavy (non-hydrogen) atoms. The molecule has 6 heteroatoms. The molecule has 2 aromatic carbocycles. The van der Waals surface area contributed by atoms with Crippen molar-refractivity contribution in [3.63, 3.8) is 0 Å². The Balaban J connectivity index is 0.987. The van der Waals surface area contributed by atoms with Crippen molar-refractivity contribution in [2.24, 2.45) is 0 Å². The highest BCUT2D eigenvalue weighted by molar-refractivity contribution is 5.60. The van der Waals surface area contributed by atoms with Gasteiger partial charge < -0.3 is 18.9 Å². The lowest BCUT2D eigenvalue weighted by Gasteiger charge is -2.08. The highest BCUT2D eigenvalue weighted by Crippen LogP contribution is 2.21. The van der Waals surface area contributed by atoms with E-state index in [0.717, 1.165) is 62.1 Å². The van der Waals surface area contributed by atoms with Crippen LogP contribution in [0.3, 0.4) is 0 Å². The van der Waals surface area contributed by atoms with Gasteiger partial charge in [0.2, 0.25) is 0 Å². The summed E-state index contributed by atoms with van der Waals surface area (Å²) >= 11 is 0. The molecule has 8 bridgehead atoms. The molecule has 4 aromatic rings. The molecule has 0 N–H and O–H groups in total. The monoisotopic (exact) mass is 763 g/mol. The molecule has 5 aliphatic rings. The van der Waals surface area contributed by atoms with Crippen molar-refractivity contribution in [3.8, 4) is 34.1 Å². The fourth-order valence-corrected chi connectivity index (χ4v) is 7.29. The van der Waals surface area contributed by atoms with Gasteiger partial charge >= 0.3 is 0 Å². The Morgan fingerprint density at radius 1 is 0.286 bits per heavy atom. The van der Waals surface area contributed by atoms with Gasteiger partial charge in [-0.15, -0.1) is 0 Å². The fourth-order valence-electron chi connectivity index (χ4n) is 7.29. The number of hydrogen-bond acceptors (Lipinski definition) is 4. The van der Waals surface area contributed by atoms with Crippen LogP contribution in [0.5, 0.6) is 23.0 Å². The highest BCUT2D eigenvalue weighted by Gasteiger charge is 2.07. The third-order valence-corrected chi connectivity index (χ3v) is 10.8. The maximum atomic E-state index is 5.97. The largest absolute Gasteiger partial charge is 0.494 e. The van der Waals surface area contributed by atoms with Crippen LogP contribution in [0, 0.1) is 0 Å². The molecule has 0 atom stereocenters. The van der Waals surface area contributed by atoms with Gasteiger partial charge in [-0.25, -0.2) is 9.13 Å². The molecule has 0 fully saturated rings. The van der Waals surface area contributed by atoms with E-state index in [0.29, 0.717) is 13.2 Å². The van der Waals surface area contributed by atoms with Gasteiger partial charge in [0.25, 0.3) is 0 Å². The lowest BCUT2D eigenvalue weighted by Crippen LogP contribution is -2.33. The lowest BCUT2D eigenvalue weighted by atomic mass is 10.1. The molecule has 9 rings (SSSR count). The first-order valence-corrected chi connectivity index (χ1v) is 22.2. The Morgan fingerprint density at radius 3 is 0.875 bits per heavy atom. The molecule has 0 saturated heterocycles. The summed E-state index contributed by atoms with van der Waals surface area (Å²) in [6, 6.07) is 25.0. The molecule has 5 aliphatic heterocycles. The van der Waals surface area contributed by atoms with Gasteiger partial charge in [-0.05, 0) is 97.5 Å². The third-order valence-electron chi connectivity index (χ3n) is 10.8. The molecule has 0 radical (unpaired) electrons. The molecule has 0 spiro atoms. The summed E-state index contributed by atoms with van der Waals surface area (Å²) in [5.41, 5.74) is 2.59. The number of aromatic nitrogens is 2. The third kappa shape index (κ3) is 18.1.